The van der Waals surface area contributed by atoms with Gasteiger partial charge in [0, 0.05) is 0 Å². The topological polar surface area (TPSA) is 0 Å². The van der Waals surface area contributed by atoms with Crippen LogP contribution in [0.3, 0.4) is 0 Å². The van der Waals surface area contributed by atoms with Gasteiger partial charge in [-0.3, -0.25) is 0 Å². The molecule has 0 heterocycles. The van der Waals surface area contributed by atoms with Crippen molar-refractivity contribution in [3.63, 3.8) is 0 Å². The third-order valence-corrected chi connectivity index (χ3v) is 18.1. The van der Waals surface area contributed by atoms with Crippen molar-refractivity contribution in [3.05, 3.63) is 121 Å². The zero-order chi connectivity index (χ0) is 18.4. The predicted octanol–water partition coefficient (Wildman–Crippen LogP) is 4.49. The summed E-state index contributed by atoms with van der Waals surface area (Å²) in [5.41, 5.74) is 0. The molecule has 0 N–H and O–H groups in total. The van der Waals surface area contributed by atoms with Crippen LogP contribution < -0.4 is 13.2 Å². The van der Waals surface area contributed by atoms with Gasteiger partial charge >= 0.3 is 169 Å². The summed E-state index contributed by atoms with van der Waals surface area (Å²) >= 11 is -0.827. The normalized spacial score (nSPS) is 11.3. The van der Waals surface area contributed by atoms with Crippen molar-refractivity contribution in [3.8, 4) is 0 Å². The fourth-order valence-corrected chi connectivity index (χ4v) is 17.3. The van der Waals surface area contributed by atoms with Crippen molar-refractivity contribution in [2.24, 2.45) is 0 Å². The maximum atomic E-state index is 2.34. The van der Waals surface area contributed by atoms with Gasteiger partial charge in [0.05, 0.1) is 0 Å². The first kappa shape index (κ1) is 18.2. The molecule has 0 saturated heterocycles. The van der Waals surface area contributed by atoms with E-state index in [1.54, 1.807) is 0 Å². The van der Waals surface area contributed by atoms with Crippen LogP contribution in [0.2, 0.25) is 0 Å². The van der Waals surface area contributed by atoms with Crippen LogP contribution in [0.1, 0.15) is 0 Å². The summed E-state index contributed by atoms with van der Waals surface area (Å²) in [5.74, 6) is 0. The maximum absolute atomic E-state index is 2.82. The summed E-state index contributed by atoms with van der Waals surface area (Å²) in [6.07, 6.45) is 0. The molecule has 27 heavy (non-hydrogen) atoms. The summed E-state index contributed by atoms with van der Waals surface area (Å²) in [6, 6.07) is 44.3. The molecule has 4 rings (SSSR count). The van der Waals surface area contributed by atoms with E-state index in [0.29, 0.717) is 0 Å². The van der Waals surface area contributed by atoms with Crippen molar-refractivity contribution in [2.75, 3.05) is 4.59 Å². The van der Waals surface area contributed by atoms with Crippen molar-refractivity contribution < 1.29 is 0 Å². The van der Waals surface area contributed by atoms with E-state index in [0.717, 1.165) is 4.59 Å². The first-order valence-corrected chi connectivity index (χ1v) is 14.9. The van der Waals surface area contributed by atoms with Gasteiger partial charge in [-0.25, -0.2) is 0 Å². The molecule has 0 aliphatic carbocycles. The molecular weight excluding hydrogens is 405 g/mol. The van der Waals surface area contributed by atoms with Gasteiger partial charge in [0.2, 0.25) is 0 Å². The third kappa shape index (κ3) is 3.90. The second kappa shape index (κ2) is 8.64. The number of hydrogen-bond acceptors (Lipinski definition) is 1. The Morgan fingerprint density at radius 1 is 0.444 bits per heavy atom. The van der Waals surface area contributed by atoms with Crippen LogP contribution in [-0.4, -0.2) is 17.9 Å². The van der Waals surface area contributed by atoms with E-state index in [-0.39, 0.29) is 0 Å². The van der Waals surface area contributed by atoms with Gasteiger partial charge in [-0.1, -0.05) is 0 Å². The zero-order valence-corrected chi connectivity index (χ0v) is 18.1. The van der Waals surface area contributed by atoms with Crippen LogP contribution in [0.4, 0.5) is 0 Å². The van der Waals surface area contributed by atoms with Gasteiger partial charge in [-0.15, -0.1) is 0 Å². The Hall–Kier alpha value is -2.23. The summed E-state index contributed by atoms with van der Waals surface area (Å²) in [5, 5.41) is 0. The molecule has 0 aliphatic heterocycles. The molecule has 0 amide bonds. The summed E-state index contributed by atoms with van der Waals surface area (Å²) < 4.78 is 5.66. The molecule has 0 aromatic heterocycles. The Kier molecular flexibility index (Phi) is 5.81. The fourth-order valence-electron chi connectivity index (χ4n) is 3.63. The van der Waals surface area contributed by atoms with Crippen LogP contribution in [0.25, 0.3) is 0 Å². The van der Waals surface area contributed by atoms with E-state index < -0.39 is 13.3 Å². The van der Waals surface area contributed by atoms with Gasteiger partial charge in [0.15, 0.2) is 0 Å². The van der Waals surface area contributed by atoms with Crippen LogP contribution in [0.15, 0.2) is 126 Å². The molecule has 0 unspecified atom stereocenters. The summed E-state index contributed by atoms with van der Waals surface area (Å²) in [6.45, 7) is 0. The van der Waals surface area contributed by atoms with Crippen LogP contribution >= 0.6 is 11.8 Å². The van der Waals surface area contributed by atoms with E-state index in [1.807, 2.05) is 11.8 Å². The second-order valence-electron chi connectivity index (χ2n) is 6.61. The summed E-state index contributed by atoms with van der Waals surface area (Å²) in [4.78, 5) is 1.34. The standard InChI is InChI=1S/C25H22GeS/c1-5-13-22(14-6-1)26(23-15-7-2-8-16-23,24-17-9-3-10-18-24)21-27-25-19-11-4-12-20-25/h1-20H,21H2. The van der Waals surface area contributed by atoms with Crippen LogP contribution in [0.5, 0.6) is 0 Å². The monoisotopic (exact) mass is 428 g/mol. The Morgan fingerprint density at radius 3 is 1.15 bits per heavy atom. The number of rotatable bonds is 6. The van der Waals surface area contributed by atoms with E-state index in [1.165, 1.54) is 18.1 Å². The molecule has 2 heteroatoms. The molecule has 0 saturated carbocycles. The van der Waals surface area contributed by atoms with E-state index in [4.69, 9.17) is 0 Å². The van der Waals surface area contributed by atoms with Crippen LogP contribution in [-0.2, 0) is 0 Å². The van der Waals surface area contributed by atoms with Crippen molar-refractivity contribution in [2.45, 2.75) is 4.90 Å². The van der Waals surface area contributed by atoms with Crippen LogP contribution in [0, 0.1) is 0 Å². The quantitative estimate of drug-likeness (QED) is 0.323. The fraction of sp³-hybridized carbons (Fsp3) is 0.0400. The van der Waals surface area contributed by atoms with Crippen molar-refractivity contribution in [1.82, 2.24) is 0 Å². The molecule has 0 bridgehead atoms. The van der Waals surface area contributed by atoms with Crippen molar-refractivity contribution >= 4 is 38.2 Å². The predicted molar refractivity (Wildman–Crippen MR) is 121 cm³/mol. The molecule has 4 aromatic rings. The van der Waals surface area contributed by atoms with E-state index in [9.17, 15) is 0 Å². The van der Waals surface area contributed by atoms with Gasteiger partial charge in [0.25, 0.3) is 0 Å². The average Bonchev–Trinajstić information content (AvgIpc) is 2.77. The van der Waals surface area contributed by atoms with Gasteiger partial charge in [-0.2, -0.15) is 0 Å². The molecule has 0 atom stereocenters. The average molecular weight is 427 g/mol. The number of thioether (sulfide) groups is 1. The van der Waals surface area contributed by atoms with E-state index in [2.05, 4.69) is 121 Å². The van der Waals surface area contributed by atoms with Gasteiger partial charge < -0.3 is 0 Å². The van der Waals surface area contributed by atoms with Crippen molar-refractivity contribution in [1.29, 1.82) is 0 Å². The third-order valence-electron chi connectivity index (χ3n) is 5.00. The SMILES string of the molecule is c1ccc(S[CH2][Ge]([c]2ccccc2)([c]2ccccc2)[c]2ccccc2)cc1. The van der Waals surface area contributed by atoms with Gasteiger partial charge in [0.1, 0.15) is 0 Å². The second-order valence-corrected chi connectivity index (χ2v) is 16.9. The van der Waals surface area contributed by atoms with E-state index >= 15 is 0 Å². The molecular formula is C25H22GeS. The number of benzene rings is 4. The Labute approximate surface area is 168 Å². The Balaban J connectivity index is 1.89. The summed E-state index contributed by atoms with van der Waals surface area (Å²) in [7, 11) is 0. The Morgan fingerprint density at radius 2 is 0.778 bits per heavy atom. The first-order chi connectivity index (χ1) is 13.4. The molecule has 0 spiro atoms. The molecule has 132 valence electrons. The van der Waals surface area contributed by atoms with Gasteiger partial charge in [-0.05, 0) is 0 Å². The molecule has 0 radical (unpaired) electrons. The number of hydrogen-bond donors (Lipinski definition) is 0. The minimum absolute atomic E-state index is 1.13. The first-order valence-electron chi connectivity index (χ1n) is 9.24. The molecule has 0 fully saturated rings. The Bertz CT molecular complexity index is 857. The zero-order valence-electron chi connectivity index (χ0n) is 15.2. The minimum atomic E-state index is -2.82. The molecule has 4 aromatic carbocycles. The molecule has 0 aliphatic rings. The molecule has 0 nitrogen and oxygen atoms in total.